The molecule has 0 spiro atoms. The first-order valence-corrected chi connectivity index (χ1v) is 9.06. The minimum absolute atomic E-state index is 0.545. The van der Waals surface area contributed by atoms with Gasteiger partial charge < -0.3 is 4.90 Å². The van der Waals surface area contributed by atoms with Gasteiger partial charge in [0.15, 0.2) is 0 Å². The lowest BCUT2D eigenvalue weighted by Gasteiger charge is -2.30. The lowest BCUT2D eigenvalue weighted by atomic mass is 10.2. The molecule has 0 aromatic heterocycles. The minimum Gasteiger partial charge on any atom is -0.333 e. The molecule has 22 heavy (non-hydrogen) atoms. The van der Waals surface area contributed by atoms with Crippen LogP contribution in [0.1, 0.15) is 18.4 Å². The molecule has 0 aliphatic carbocycles. The van der Waals surface area contributed by atoms with Gasteiger partial charge in [-0.1, -0.05) is 30.3 Å². The number of nitrogens with one attached hydrogen (secondary N) is 1. The summed E-state index contributed by atoms with van der Waals surface area (Å²) in [5.74, 6) is 0. The maximum atomic E-state index is 12.3. The molecule has 118 valence electrons. The van der Waals surface area contributed by atoms with Gasteiger partial charge in [0.2, 0.25) is 10.0 Å². The van der Waals surface area contributed by atoms with E-state index >= 15 is 0 Å². The van der Waals surface area contributed by atoms with Crippen molar-refractivity contribution in [3.05, 3.63) is 41.3 Å². The van der Waals surface area contributed by atoms with Crippen LogP contribution in [-0.4, -0.2) is 45.4 Å². The van der Waals surface area contributed by atoms with Gasteiger partial charge in [-0.05, 0) is 11.6 Å². The Morgan fingerprint density at radius 2 is 1.91 bits per heavy atom. The molecule has 0 bridgehead atoms. The molecule has 6 heteroatoms. The van der Waals surface area contributed by atoms with Crippen LogP contribution in [0.15, 0.2) is 35.7 Å². The number of rotatable bonds is 6. The molecular formula is C16H22N3O2S+. The number of nitrogens with zero attached hydrogens (tertiary/aromatic N) is 2. The Bertz CT molecular complexity index is 627. The van der Waals surface area contributed by atoms with Gasteiger partial charge in [0.1, 0.15) is 0 Å². The molecular weight excluding hydrogens is 298 g/mol. The highest BCUT2D eigenvalue weighted by Crippen LogP contribution is 2.08. The summed E-state index contributed by atoms with van der Waals surface area (Å²) in [6.07, 6.45) is 3.10. The maximum Gasteiger partial charge on any atom is 0.236 e. The lowest BCUT2D eigenvalue weighted by Crippen LogP contribution is -3.14. The van der Waals surface area contributed by atoms with Gasteiger partial charge in [-0.3, -0.25) is 0 Å². The van der Waals surface area contributed by atoms with Crippen molar-refractivity contribution in [3.8, 4) is 6.07 Å². The molecule has 5 nitrogen and oxygen atoms in total. The summed E-state index contributed by atoms with van der Waals surface area (Å²) >= 11 is 0. The summed E-state index contributed by atoms with van der Waals surface area (Å²) in [6.45, 7) is 3.65. The van der Waals surface area contributed by atoms with E-state index in [4.69, 9.17) is 5.26 Å². The third-order valence-corrected chi connectivity index (χ3v) is 5.41. The summed E-state index contributed by atoms with van der Waals surface area (Å²) < 4.78 is 26.2. The highest BCUT2D eigenvalue weighted by molar-refractivity contribution is 7.92. The molecule has 1 aromatic carbocycles. The van der Waals surface area contributed by atoms with E-state index in [9.17, 15) is 8.42 Å². The summed E-state index contributed by atoms with van der Waals surface area (Å²) in [4.78, 5) is 1.38. The first-order chi connectivity index (χ1) is 10.6. The molecule has 2 rings (SSSR count). The van der Waals surface area contributed by atoms with Crippen LogP contribution in [0, 0.1) is 11.3 Å². The molecule has 1 fully saturated rings. The Labute approximate surface area is 132 Å². The van der Waals surface area contributed by atoms with Crippen molar-refractivity contribution in [2.75, 3.05) is 32.7 Å². The lowest BCUT2D eigenvalue weighted by molar-refractivity contribution is -0.903. The molecule has 0 saturated carbocycles. The zero-order valence-electron chi connectivity index (χ0n) is 12.6. The second-order valence-corrected chi connectivity index (χ2v) is 7.24. The molecule has 1 aliphatic heterocycles. The second kappa shape index (κ2) is 8.08. The number of piperazine rings is 1. The van der Waals surface area contributed by atoms with Crippen molar-refractivity contribution in [3.63, 3.8) is 0 Å². The average molecular weight is 320 g/mol. The molecule has 1 heterocycles. The molecule has 0 radical (unpaired) electrons. The highest BCUT2D eigenvalue weighted by atomic mass is 32.2. The molecule has 0 unspecified atom stereocenters. The van der Waals surface area contributed by atoms with E-state index in [0.29, 0.717) is 19.5 Å². The summed E-state index contributed by atoms with van der Waals surface area (Å²) in [6, 6.07) is 11.6. The third-order valence-electron chi connectivity index (χ3n) is 3.84. The Kier molecular flexibility index (Phi) is 6.13. The van der Waals surface area contributed by atoms with Crippen LogP contribution in [0.5, 0.6) is 0 Å². The zero-order valence-corrected chi connectivity index (χ0v) is 13.4. The predicted molar refractivity (Wildman–Crippen MR) is 86.4 cm³/mol. The monoisotopic (exact) mass is 320 g/mol. The van der Waals surface area contributed by atoms with Crippen LogP contribution < -0.4 is 4.90 Å². The average Bonchev–Trinajstić information content (AvgIpc) is 2.55. The van der Waals surface area contributed by atoms with Crippen LogP contribution in [-0.2, 0) is 10.0 Å². The van der Waals surface area contributed by atoms with Gasteiger partial charge >= 0.3 is 0 Å². The quantitative estimate of drug-likeness (QED) is 0.776. The van der Waals surface area contributed by atoms with Crippen molar-refractivity contribution in [1.29, 1.82) is 5.26 Å². The molecule has 1 saturated heterocycles. The number of hydrogen-bond acceptors (Lipinski definition) is 3. The molecule has 1 N–H and O–H groups in total. The summed E-state index contributed by atoms with van der Waals surface area (Å²) in [5, 5.41) is 9.84. The van der Waals surface area contributed by atoms with Crippen molar-refractivity contribution >= 4 is 16.1 Å². The Morgan fingerprint density at radius 1 is 1.23 bits per heavy atom. The molecule has 0 amide bonds. The van der Waals surface area contributed by atoms with Gasteiger partial charge in [-0.15, -0.1) is 0 Å². The van der Waals surface area contributed by atoms with Crippen LogP contribution in [0.2, 0.25) is 0 Å². The van der Waals surface area contributed by atoms with E-state index in [2.05, 4.69) is 6.07 Å². The summed E-state index contributed by atoms with van der Waals surface area (Å²) in [7, 11) is -3.34. The van der Waals surface area contributed by atoms with Crippen LogP contribution in [0.3, 0.4) is 0 Å². The fourth-order valence-electron chi connectivity index (χ4n) is 2.54. The van der Waals surface area contributed by atoms with E-state index in [-0.39, 0.29) is 0 Å². The SMILES string of the molecule is N#CCCC[NH+]1CCN(S(=O)(=O)/C=C/c2ccccc2)CC1. The van der Waals surface area contributed by atoms with Crippen LogP contribution >= 0.6 is 0 Å². The first kappa shape index (κ1) is 16.7. The van der Waals surface area contributed by atoms with Gasteiger partial charge in [0, 0.05) is 18.2 Å². The molecule has 1 aliphatic rings. The Morgan fingerprint density at radius 3 is 2.55 bits per heavy atom. The van der Waals surface area contributed by atoms with Crippen molar-refractivity contribution < 1.29 is 13.3 Å². The second-order valence-electron chi connectivity index (χ2n) is 5.42. The number of sulfonamides is 1. The van der Waals surface area contributed by atoms with Crippen molar-refractivity contribution in [2.24, 2.45) is 0 Å². The van der Waals surface area contributed by atoms with E-state index in [1.54, 1.807) is 10.4 Å². The Hall–Kier alpha value is -1.68. The van der Waals surface area contributed by atoms with Crippen LogP contribution in [0.25, 0.3) is 6.08 Å². The van der Waals surface area contributed by atoms with Gasteiger partial charge in [0.05, 0.1) is 38.8 Å². The normalized spacial score (nSPS) is 17.6. The number of quaternary nitrogens is 1. The van der Waals surface area contributed by atoms with Gasteiger partial charge in [0.25, 0.3) is 0 Å². The van der Waals surface area contributed by atoms with Crippen LogP contribution in [0.4, 0.5) is 0 Å². The maximum absolute atomic E-state index is 12.3. The number of nitriles is 1. The number of unbranched alkanes of at least 4 members (excludes halogenated alkanes) is 1. The standard InChI is InChI=1S/C16H21N3O2S/c17-9-4-5-10-18-11-13-19(14-12-18)22(20,21)15-8-16-6-2-1-3-7-16/h1-3,6-8,15H,4-5,10-14H2/p+1/b15-8+. The molecule has 0 atom stereocenters. The van der Waals surface area contributed by atoms with E-state index in [0.717, 1.165) is 31.6 Å². The smallest absolute Gasteiger partial charge is 0.236 e. The third kappa shape index (κ3) is 4.95. The fraction of sp³-hybridized carbons (Fsp3) is 0.438. The zero-order chi connectivity index (χ0) is 15.8. The van der Waals surface area contributed by atoms with E-state index in [1.165, 1.54) is 10.3 Å². The summed E-state index contributed by atoms with van der Waals surface area (Å²) in [5.41, 5.74) is 0.881. The highest BCUT2D eigenvalue weighted by Gasteiger charge is 2.26. The van der Waals surface area contributed by atoms with E-state index < -0.39 is 10.0 Å². The first-order valence-electron chi connectivity index (χ1n) is 7.55. The van der Waals surface area contributed by atoms with E-state index in [1.807, 2.05) is 30.3 Å². The topological polar surface area (TPSA) is 65.6 Å². The predicted octanol–water partition coefficient (Wildman–Crippen LogP) is 0.491. The van der Waals surface area contributed by atoms with Crippen molar-refractivity contribution in [1.82, 2.24) is 4.31 Å². The van der Waals surface area contributed by atoms with Gasteiger partial charge in [-0.25, -0.2) is 8.42 Å². The van der Waals surface area contributed by atoms with Crippen molar-refractivity contribution in [2.45, 2.75) is 12.8 Å². The molecule has 1 aromatic rings. The Balaban J connectivity index is 1.87. The number of hydrogen-bond donors (Lipinski definition) is 1. The fourth-order valence-corrected chi connectivity index (χ4v) is 3.73. The minimum atomic E-state index is -3.34. The largest absolute Gasteiger partial charge is 0.333 e. The number of benzene rings is 1. The van der Waals surface area contributed by atoms with Gasteiger partial charge in [-0.2, -0.15) is 9.57 Å².